The number of anilines is 1. The number of nitrogens with one attached hydrogen (secondary N) is 1. The van der Waals surface area contributed by atoms with Crippen molar-refractivity contribution in [3.8, 4) is 0 Å². The lowest BCUT2D eigenvalue weighted by atomic mass is 10.1. The van der Waals surface area contributed by atoms with Crippen LogP contribution in [0.1, 0.15) is 43.5 Å². The highest BCUT2D eigenvalue weighted by atomic mass is 16.2. The number of rotatable bonds is 3. The van der Waals surface area contributed by atoms with Gasteiger partial charge < -0.3 is 10.2 Å². The molecule has 0 aromatic heterocycles. The Kier molecular flexibility index (Phi) is 5.14. The molecular formula is C17H22N2O2. The van der Waals surface area contributed by atoms with Gasteiger partial charge in [0.2, 0.25) is 5.91 Å². The van der Waals surface area contributed by atoms with Crippen molar-refractivity contribution in [2.75, 3.05) is 18.4 Å². The van der Waals surface area contributed by atoms with Gasteiger partial charge in [0.1, 0.15) is 0 Å². The number of carbonyl (C=O) groups is 2. The zero-order valence-corrected chi connectivity index (χ0v) is 12.7. The van der Waals surface area contributed by atoms with Gasteiger partial charge in [0.25, 0.3) is 5.91 Å². The molecule has 2 rings (SSSR count). The Morgan fingerprint density at radius 3 is 2.43 bits per heavy atom. The van der Waals surface area contributed by atoms with Crippen LogP contribution in [0.3, 0.4) is 0 Å². The number of likely N-dealkylation sites (tertiary alicyclic amines) is 1. The summed E-state index contributed by atoms with van der Waals surface area (Å²) < 4.78 is 0. The molecule has 0 saturated carbocycles. The van der Waals surface area contributed by atoms with E-state index in [0.717, 1.165) is 31.5 Å². The molecule has 1 aliphatic rings. The van der Waals surface area contributed by atoms with Crippen molar-refractivity contribution in [3.05, 3.63) is 41.5 Å². The van der Waals surface area contributed by atoms with Gasteiger partial charge in [-0.2, -0.15) is 0 Å². The first-order chi connectivity index (χ1) is 10.1. The van der Waals surface area contributed by atoms with Crippen molar-refractivity contribution in [2.24, 2.45) is 0 Å². The van der Waals surface area contributed by atoms with Gasteiger partial charge in [-0.05, 0) is 45.2 Å². The second-order valence-electron chi connectivity index (χ2n) is 5.61. The van der Waals surface area contributed by atoms with Crippen LogP contribution in [0.15, 0.2) is 35.9 Å². The molecule has 0 radical (unpaired) electrons. The molecular weight excluding hydrogens is 264 g/mol. The summed E-state index contributed by atoms with van der Waals surface area (Å²) in [4.78, 5) is 26.3. The van der Waals surface area contributed by atoms with E-state index in [2.05, 4.69) is 5.32 Å². The van der Waals surface area contributed by atoms with Crippen LogP contribution < -0.4 is 5.32 Å². The zero-order valence-electron chi connectivity index (χ0n) is 12.7. The number of benzene rings is 1. The van der Waals surface area contributed by atoms with Crippen molar-refractivity contribution >= 4 is 17.5 Å². The first-order valence-corrected chi connectivity index (χ1v) is 7.42. The van der Waals surface area contributed by atoms with Crippen LogP contribution in [0.25, 0.3) is 0 Å². The largest absolute Gasteiger partial charge is 0.339 e. The number of hydrogen-bond donors (Lipinski definition) is 1. The molecule has 1 aromatic carbocycles. The van der Waals surface area contributed by atoms with E-state index >= 15 is 0 Å². The van der Waals surface area contributed by atoms with Gasteiger partial charge in [0.05, 0.1) is 11.3 Å². The fraction of sp³-hybridized carbons (Fsp3) is 0.412. The molecule has 1 heterocycles. The minimum Gasteiger partial charge on any atom is -0.339 e. The van der Waals surface area contributed by atoms with Gasteiger partial charge in [-0.15, -0.1) is 0 Å². The summed E-state index contributed by atoms with van der Waals surface area (Å²) in [5, 5.41) is 2.80. The van der Waals surface area contributed by atoms with E-state index in [1.54, 1.807) is 12.1 Å². The Morgan fingerprint density at radius 1 is 1.10 bits per heavy atom. The van der Waals surface area contributed by atoms with Gasteiger partial charge in [-0.3, -0.25) is 9.59 Å². The molecule has 1 aromatic rings. The van der Waals surface area contributed by atoms with Crippen LogP contribution in [0.2, 0.25) is 0 Å². The van der Waals surface area contributed by atoms with Crippen molar-refractivity contribution in [1.82, 2.24) is 4.90 Å². The summed E-state index contributed by atoms with van der Waals surface area (Å²) >= 11 is 0. The van der Waals surface area contributed by atoms with E-state index in [1.165, 1.54) is 12.5 Å². The Balaban J connectivity index is 2.18. The van der Waals surface area contributed by atoms with Crippen LogP contribution in [-0.4, -0.2) is 29.8 Å². The summed E-state index contributed by atoms with van der Waals surface area (Å²) in [7, 11) is 0. The standard InChI is InChI=1S/C17H22N2O2/c1-13(2)12-16(20)18-15-9-5-4-8-14(15)17(21)19-10-6-3-7-11-19/h4-5,8-9,12H,3,6-7,10-11H2,1-2H3,(H,18,20). The van der Waals surface area contributed by atoms with Crippen LogP contribution in [0, 0.1) is 0 Å². The second-order valence-corrected chi connectivity index (χ2v) is 5.61. The average molecular weight is 286 g/mol. The SMILES string of the molecule is CC(C)=CC(=O)Nc1ccccc1C(=O)N1CCCCC1. The highest BCUT2D eigenvalue weighted by Gasteiger charge is 2.20. The molecule has 1 saturated heterocycles. The highest BCUT2D eigenvalue weighted by molar-refractivity contribution is 6.06. The molecule has 0 aliphatic carbocycles. The third kappa shape index (κ3) is 4.18. The quantitative estimate of drug-likeness (QED) is 0.867. The van der Waals surface area contributed by atoms with Gasteiger partial charge in [-0.25, -0.2) is 0 Å². The normalized spacial score (nSPS) is 14.5. The first-order valence-electron chi connectivity index (χ1n) is 7.42. The van der Waals surface area contributed by atoms with Crippen molar-refractivity contribution in [3.63, 3.8) is 0 Å². The fourth-order valence-electron chi connectivity index (χ4n) is 2.48. The molecule has 21 heavy (non-hydrogen) atoms. The number of para-hydroxylation sites is 1. The predicted octanol–water partition coefficient (Wildman–Crippen LogP) is 3.22. The second kappa shape index (κ2) is 7.07. The minimum absolute atomic E-state index is 0.00259. The smallest absolute Gasteiger partial charge is 0.255 e. The number of amides is 2. The lowest BCUT2D eigenvalue weighted by Crippen LogP contribution is -2.36. The zero-order chi connectivity index (χ0) is 15.2. The van der Waals surface area contributed by atoms with Gasteiger partial charge in [0, 0.05) is 19.2 Å². The topological polar surface area (TPSA) is 49.4 Å². The molecule has 0 bridgehead atoms. The van der Waals surface area contributed by atoms with E-state index in [-0.39, 0.29) is 11.8 Å². The summed E-state index contributed by atoms with van der Waals surface area (Å²) in [6, 6.07) is 7.20. The van der Waals surface area contributed by atoms with E-state index in [4.69, 9.17) is 0 Å². The molecule has 0 unspecified atom stereocenters. The van der Waals surface area contributed by atoms with Crippen LogP contribution in [0.5, 0.6) is 0 Å². The summed E-state index contributed by atoms with van der Waals surface area (Å²) in [6.45, 7) is 5.33. The molecule has 0 atom stereocenters. The number of piperidine rings is 1. The minimum atomic E-state index is -0.200. The Morgan fingerprint density at radius 2 is 1.76 bits per heavy atom. The maximum absolute atomic E-state index is 12.6. The first kappa shape index (κ1) is 15.3. The highest BCUT2D eigenvalue weighted by Crippen LogP contribution is 2.20. The lowest BCUT2D eigenvalue weighted by Gasteiger charge is -2.27. The van der Waals surface area contributed by atoms with Crippen molar-refractivity contribution in [1.29, 1.82) is 0 Å². The molecule has 112 valence electrons. The number of allylic oxidation sites excluding steroid dienone is 1. The van der Waals surface area contributed by atoms with Crippen LogP contribution in [0.4, 0.5) is 5.69 Å². The Bertz CT molecular complexity index is 554. The molecule has 4 nitrogen and oxygen atoms in total. The molecule has 2 amide bonds. The van der Waals surface area contributed by atoms with Crippen molar-refractivity contribution in [2.45, 2.75) is 33.1 Å². The summed E-state index contributed by atoms with van der Waals surface area (Å²) in [6.07, 6.45) is 4.82. The monoisotopic (exact) mass is 286 g/mol. The maximum Gasteiger partial charge on any atom is 0.255 e. The molecule has 1 fully saturated rings. The van der Waals surface area contributed by atoms with Gasteiger partial charge in [0.15, 0.2) is 0 Å². The number of hydrogen-bond acceptors (Lipinski definition) is 2. The fourth-order valence-corrected chi connectivity index (χ4v) is 2.48. The molecule has 1 N–H and O–H groups in total. The van der Waals surface area contributed by atoms with Gasteiger partial charge >= 0.3 is 0 Å². The number of nitrogens with zero attached hydrogens (tertiary/aromatic N) is 1. The Labute approximate surface area is 125 Å². The van der Waals surface area contributed by atoms with Gasteiger partial charge in [-0.1, -0.05) is 17.7 Å². The van der Waals surface area contributed by atoms with E-state index in [9.17, 15) is 9.59 Å². The lowest BCUT2D eigenvalue weighted by molar-refractivity contribution is -0.111. The molecule has 0 spiro atoms. The average Bonchev–Trinajstić information content (AvgIpc) is 2.47. The van der Waals surface area contributed by atoms with Crippen molar-refractivity contribution < 1.29 is 9.59 Å². The molecule has 1 aliphatic heterocycles. The predicted molar refractivity (Wildman–Crippen MR) is 84.3 cm³/mol. The summed E-state index contributed by atoms with van der Waals surface area (Å²) in [5.74, 6) is -0.198. The maximum atomic E-state index is 12.6. The van der Waals surface area contributed by atoms with Crippen LogP contribution in [-0.2, 0) is 4.79 Å². The third-order valence-corrected chi connectivity index (χ3v) is 3.48. The van der Waals surface area contributed by atoms with Crippen LogP contribution >= 0.6 is 0 Å². The van der Waals surface area contributed by atoms with E-state index in [1.807, 2.05) is 30.9 Å². The third-order valence-electron chi connectivity index (χ3n) is 3.48. The summed E-state index contributed by atoms with van der Waals surface area (Å²) in [5.41, 5.74) is 2.07. The Hall–Kier alpha value is -2.10. The van der Waals surface area contributed by atoms with E-state index < -0.39 is 0 Å². The number of carbonyl (C=O) groups excluding carboxylic acids is 2. The molecule has 4 heteroatoms. The van der Waals surface area contributed by atoms with E-state index in [0.29, 0.717) is 11.3 Å².